The minimum absolute atomic E-state index is 0.374. The van der Waals surface area contributed by atoms with Gasteiger partial charge in [0, 0.05) is 4.70 Å². The van der Waals surface area contributed by atoms with Crippen molar-refractivity contribution in [2.45, 2.75) is 4.21 Å². The van der Waals surface area contributed by atoms with Gasteiger partial charge in [-0.05, 0) is 52.4 Å². The second kappa shape index (κ2) is 3.67. The van der Waals surface area contributed by atoms with E-state index in [1.807, 2.05) is 12.1 Å². The van der Waals surface area contributed by atoms with Crippen LogP contribution in [0.25, 0.3) is 10.1 Å². The molecule has 0 bridgehead atoms. The molecule has 1 aromatic carbocycles. The van der Waals surface area contributed by atoms with Crippen molar-refractivity contribution in [3.05, 3.63) is 21.8 Å². The molecule has 0 atom stereocenters. The number of thioether (sulfide) groups is 1. The number of phenolic OH excluding ortho intramolecular Hbond substituents is 1. The van der Waals surface area contributed by atoms with E-state index in [9.17, 15) is 5.11 Å². The highest BCUT2D eigenvalue weighted by molar-refractivity contribution is 14.1. The molecular weight excluding hydrogens is 315 g/mol. The first-order chi connectivity index (χ1) is 6.20. The third-order valence-electron chi connectivity index (χ3n) is 1.76. The molecule has 1 aromatic heterocycles. The van der Waals surface area contributed by atoms with Gasteiger partial charge < -0.3 is 5.11 Å². The second-order valence-corrected chi connectivity index (χ2v) is 5.96. The number of aromatic hydroxyl groups is 1. The average Bonchev–Trinajstić information content (AvgIpc) is 2.48. The molecule has 4 heteroatoms. The fourth-order valence-corrected chi connectivity index (χ4v) is 3.47. The Hall–Kier alpha value is 0.0600. The molecule has 68 valence electrons. The van der Waals surface area contributed by atoms with E-state index in [0.717, 1.165) is 8.96 Å². The molecule has 0 saturated heterocycles. The highest BCUT2D eigenvalue weighted by Crippen LogP contribution is 2.35. The van der Waals surface area contributed by atoms with Crippen LogP contribution in [0.5, 0.6) is 5.75 Å². The van der Waals surface area contributed by atoms with Gasteiger partial charge in [-0.1, -0.05) is 0 Å². The molecule has 0 aliphatic rings. The molecule has 0 radical (unpaired) electrons. The van der Waals surface area contributed by atoms with Crippen molar-refractivity contribution in [2.75, 3.05) is 6.26 Å². The zero-order valence-corrected chi connectivity index (χ0v) is 10.7. The molecule has 0 fully saturated rings. The van der Waals surface area contributed by atoms with Crippen LogP contribution >= 0.6 is 45.7 Å². The van der Waals surface area contributed by atoms with E-state index in [0.29, 0.717) is 5.75 Å². The summed E-state index contributed by atoms with van der Waals surface area (Å²) >= 11 is 5.65. The molecular formula is C9H7IOS2. The number of hydrogen-bond donors (Lipinski definition) is 1. The summed E-state index contributed by atoms with van der Waals surface area (Å²) in [6.07, 6.45) is 2.07. The Morgan fingerprint density at radius 2 is 2.15 bits per heavy atom. The summed E-state index contributed by atoms with van der Waals surface area (Å²) in [5.74, 6) is 0.374. The van der Waals surface area contributed by atoms with Gasteiger partial charge in [0.25, 0.3) is 0 Å². The average molecular weight is 322 g/mol. The molecule has 2 rings (SSSR count). The Morgan fingerprint density at radius 1 is 1.38 bits per heavy atom. The molecule has 1 N–H and O–H groups in total. The first-order valence-corrected chi connectivity index (χ1v) is 6.79. The van der Waals surface area contributed by atoms with Gasteiger partial charge in [0.1, 0.15) is 5.75 Å². The van der Waals surface area contributed by atoms with Gasteiger partial charge in [0.15, 0.2) is 0 Å². The van der Waals surface area contributed by atoms with Crippen LogP contribution in [0.2, 0.25) is 0 Å². The zero-order chi connectivity index (χ0) is 9.42. The summed E-state index contributed by atoms with van der Waals surface area (Å²) in [5, 5.41) is 10.6. The molecule has 0 spiro atoms. The molecule has 1 nitrogen and oxygen atoms in total. The monoisotopic (exact) mass is 322 g/mol. The quantitative estimate of drug-likeness (QED) is 0.634. The Labute approximate surface area is 98.3 Å². The molecule has 2 aromatic rings. The number of fused-ring (bicyclic) bond motifs is 1. The third kappa shape index (κ3) is 1.80. The van der Waals surface area contributed by atoms with E-state index >= 15 is 0 Å². The van der Waals surface area contributed by atoms with Gasteiger partial charge in [-0.25, -0.2) is 0 Å². The van der Waals surface area contributed by atoms with E-state index in [4.69, 9.17) is 0 Å². The van der Waals surface area contributed by atoms with Crippen molar-refractivity contribution >= 4 is 55.8 Å². The summed E-state index contributed by atoms with van der Waals surface area (Å²) < 4.78 is 3.45. The van der Waals surface area contributed by atoms with Crippen LogP contribution in [0.1, 0.15) is 0 Å². The van der Waals surface area contributed by atoms with Crippen LogP contribution in [0, 0.1) is 3.57 Å². The van der Waals surface area contributed by atoms with Gasteiger partial charge in [0.2, 0.25) is 0 Å². The number of benzene rings is 1. The third-order valence-corrected chi connectivity index (χ3v) is 4.79. The highest BCUT2D eigenvalue weighted by Gasteiger charge is 2.04. The van der Waals surface area contributed by atoms with Crippen LogP contribution in [0.15, 0.2) is 22.4 Å². The number of thiophene rings is 1. The highest BCUT2D eigenvalue weighted by atomic mass is 127. The standard InChI is InChI=1S/C9H7IOS2/c1-12-9-3-5-2-7(11)6(10)4-8(5)13-9/h2-4,11H,1H3. The van der Waals surface area contributed by atoms with E-state index in [1.165, 1.54) is 8.91 Å². The van der Waals surface area contributed by atoms with E-state index in [2.05, 4.69) is 34.9 Å². The molecule has 1 heterocycles. The molecule has 0 aliphatic heterocycles. The SMILES string of the molecule is CSc1cc2cc(O)c(I)cc2s1. The maximum Gasteiger partial charge on any atom is 0.129 e. The molecule has 0 amide bonds. The summed E-state index contributed by atoms with van der Waals surface area (Å²) in [4.78, 5) is 0. The maximum atomic E-state index is 9.49. The van der Waals surface area contributed by atoms with Crippen LogP contribution in [-0.2, 0) is 0 Å². The largest absolute Gasteiger partial charge is 0.507 e. The Kier molecular flexibility index (Phi) is 2.71. The normalized spacial score (nSPS) is 10.9. The lowest BCUT2D eigenvalue weighted by Gasteiger charge is -1.95. The minimum atomic E-state index is 0.374. The van der Waals surface area contributed by atoms with E-state index in [-0.39, 0.29) is 0 Å². The fourth-order valence-electron chi connectivity index (χ4n) is 1.13. The fraction of sp³-hybridized carbons (Fsp3) is 0.111. The predicted molar refractivity (Wildman–Crippen MR) is 68.0 cm³/mol. The van der Waals surface area contributed by atoms with Crippen LogP contribution in [-0.4, -0.2) is 11.4 Å². The second-order valence-electron chi connectivity index (χ2n) is 2.61. The number of rotatable bonds is 1. The van der Waals surface area contributed by atoms with Crippen molar-refractivity contribution in [1.82, 2.24) is 0 Å². The number of phenols is 1. The molecule has 0 unspecified atom stereocenters. The van der Waals surface area contributed by atoms with E-state index < -0.39 is 0 Å². The Morgan fingerprint density at radius 3 is 2.85 bits per heavy atom. The van der Waals surface area contributed by atoms with Crippen LogP contribution in [0.3, 0.4) is 0 Å². The smallest absolute Gasteiger partial charge is 0.129 e. The lowest BCUT2D eigenvalue weighted by atomic mass is 10.2. The Balaban J connectivity index is 2.70. The van der Waals surface area contributed by atoms with Crippen molar-refractivity contribution in [3.63, 3.8) is 0 Å². The first kappa shape index (κ1) is 9.61. The summed E-state index contributed by atoms with van der Waals surface area (Å²) in [6.45, 7) is 0. The molecule has 13 heavy (non-hydrogen) atoms. The van der Waals surface area contributed by atoms with Crippen molar-refractivity contribution in [3.8, 4) is 5.75 Å². The minimum Gasteiger partial charge on any atom is -0.507 e. The number of hydrogen-bond acceptors (Lipinski definition) is 3. The Bertz CT molecular complexity index is 411. The van der Waals surface area contributed by atoms with Gasteiger partial charge >= 0.3 is 0 Å². The topological polar surface area (TPSA) is 20.2 Å². The summed E-state index contributed by atoms with van der Waals surface area (Å²) in [7, 11) is 0. The van der Waals surface area contributed by atoms with Crippen molar-refractivity contribution in [2.24, 2.45) is 0 Å². The number of halogens is 1. The van der Waals surface area contributed by atoms with Gasteiger partial charge in [-0.3, -0.25) is 0 Å². The molecule has 0 saturated carbocycles. The van der Waals surface area contributed by atoms with Crippen molar-refractivity contribution < 1.29 is 5.11 Å². The predicted octanol–water partition coefficient (Wildman–Crippen LogP) is 3.93. The van der Waals surface area contributed by atoms with Gasteiger partial charge in [0.05, 0.1) is 7.78 Å². The van der Waals surface area contributed by atoms with E-state index in [1.54, 1.807) is 23.1 Å². The van der Waals surface area contributed by atoms with Crippen molar-refractivity contribution in [1.29, 1.82) is 0 Å². The first-order valence-electron chi connectivity index (χ1n) is 3.67. The van der Waals surface area contributed by atoms with Crippen LogP contribution in [0.4, 0.5) is 0 Å². The molecule has 0 aliphatic carbocycles. The lowest BCUT2D eigenvalue weighted by molar-refractivity contribution is 0.472. The summed E-state index contributed by atoms with van der Waals surface area (Å²) in [6, 6.07) is 5.96. The van der Waals surface area contributed by atoms with Crippen LogP contribution < -0.4 is 0 Å². The van der Waals surface area contributed by atoms with Gasteiger partial charge in [-0.15, -0.1) is 23.1 Å². The van der Waals surface area contributed by atoms with Gasteiger partial charge in [-0.2, -0.15) is 0 Å². The summed E-state index contributed by atoms with van der Waals surface area (Å²) in [5.41, 5.74) is 0. The maximum absolute atomic E-state index is 9.49. The lowest BCUT2D eigenvalue weighted by Crippen LogP contribution is -1.71. The zero-order valence-electron chi connectivity index (χ0n) is 6.87.